The van der Waals surface area contributed by atoms with Crippen LogP contribution >= 0.6 is 43.2 Å². The zero-order valence-corrected chi connectivity index (χ0v) is 11.6. The zero-order valence-electron chi connectivity index (χ0n) is 7.63. The van der Waals surface area contributed by atoms with Crippen LogP contribution in [0.4, 0.5) is 0 Å². The molecular formula is C12H6Br2S. The van der Waals surface area contributed by atoms with Gasteiger partial charge in [0.1, 0.15) is 0 Å². The van der Waals surface area contributed by atoms with Crippen molar-refractivity contribution in [1.29, 1.82) is 0 Å². The number of rotatable bonds is 0. The lowest BCUT2D eigenvalue weighted by molar-refractivity contribution is 1.77. The molecule has 2 aliphatic rings. The first-order valence-corrected chi connectivity index (χ1v) is 6.92. The summed E-state index contributed by atoms with van der Waals surface area (Å²) in [6.45, 7) is 0. The average molecular weight is 342 g/mol. The van der Waals surface area contributed by atoms with E-state index in [0.29, 0.717) is 0 Å². The van der Waals surface area contributed by atoms with Gasteiger partial charge in [0.2, 0.25) is 0 Å². The van der Waals surface area contributed by atoms with Crippen molar-refractivity contribution in [3.05, 3.63) is 44.7 Å². The van der Waals surface area contributed by atoms with Gasteiger partial charge in [-0.2, -0.15) is 0 Å². The van der Waals surface area contributed by atoms with Crippen molar-refractivity contribution in [2.24, 2.45) is 0 Å². The second-order valence-electron chi connectivity index (χ2n) is 3.36. The topological polar surface area (TPSA) is 0 Å². The van der Waals surface area contributed by atoms with E-state index < -0.39 is 0 Å². The molecule has 1 heterocycles. The lowest BCUT2D eigenvalue weighted by Crippen LogP contribution is -1.70. The first kappa shape index (κ1) is 9.82. The summed E-state index contributed by atoms with van der Waals surface area (Å²) in [5.41, 5.74) is 1.33. The third-order valence-corrected chi connectivity index (χ3v) is 4.80. The van der Waals surface area contributed by atoms with Gasteiger partial charge < -0.3 is 0 Å². The molecule has 3 heteroatoms. The highest BCUT2D eigenvalue weighted by molar-refractivity contribution is 9.11. The second kappa shape index (κ2) is 3.58. The Bertz CT molecular complexity index is 612. The minimum absolute atomic E-state index is 1.17. The van der Waals surface area contributed by atoms with Gasteiger partial charge >= 0.3 is 0 Å². The number of halogens is 2. The molecule has 0 amide bonds. The van der Waals surface area contributed by atoms with E-state index in [1.54, 1.807) is 11.3 Å². The van der Waals surface area contributed by atoms with Crippen LogP contribution in [-0.2, 0) is 0 Å². The van der Waals surface area contributed by atoms with Crippen molar-refractivity contribution >= 4 is 54.0 Å². The van der Waals surface area contributed by atoms with Gasteiger partial charge in [0, 0.05) is 9.35 Å². The molecule has 0 atom stereocenters. The van der Waals surface area contributed by atoms with Gasteiger partial charge in [0.25, 0.3) is 0 Å². The van der Waals surface area contributed by atoms with Gasteiger partial charge in [-0.15, -0.1) is 11.3 Å². The molecule has 0 aromatic heterocycles. The van der Waals surface area contributed by atoms with Crippen molar-refractivity contribution in [3.8, 4) is 10.4 Å². The second-order valence-corrected chi connectivity index (χ2v) is 6.68. The summed E-state index contributed by atoms with van der Waals surface area (Å²) in [4.78, 5) is 1.33. The van der Waals surface area contributed by atoms with Crippen molar-refractivity contribution < 1.29 is 0 Å². The van der Waals surface area contributed by atoms with Crippen LogP contribution in [0.1, 0.15) is 0 Å². The number of benzene rings is 1. The molecule has 15 heavy (non-hydrogen) atoms. The van der Waals surface area contributed by atoms with Gasteiger partial charge in [-0.1, -0.05) is 34.1 Å². The van der Waals surface area contributed by atoms with Gasteiger partial charge in [-0.05, 0) is 50.5 Å². The molecule has 0 nitrogen and oxygen atoms in total. The van der Waals surface area contributed by atoms with Gasteiger partial charge in [-0.3, -0.25) is 0 Å². The van der Waals surface area contributed by atoms with Gasteiger partial charge in [-0.25, -0.2) is 0 Å². The van der Waals surface area contributed by atoms with Crippen molar-refractivity contribution in [1.82, 2.24) is 0 Å². The molecule has 0 saturated carbocycles. The highest BCUT2D eigenvalue weighted by Gasteiger charge is 2.11. The van der Waals surface area contributed by atoms with Crippen LogP contribution < -0.4 is 0 Å². The number of hydrogen-bond acceptors (Lipinski definition) is 1. The predicted octanol–water partition coefficient (Wildman–Crippen LogP) is 5.53. The first-order chi connectivity index (χ1) is 7.25. The van der Waals surface area contributed by atoms with Crippen LogP contribution in [0.5, 0.6) is 0 Å². The fourth-order valence-electron chi connectivity index (χ4n) is 1.80. The number of fused-ring (bicyclic) bond motifs is 3. The maximum Gasteiger partial charge on any atom is 0.0704 e. The molecule has 0 spiro atoms. The van der Waals surface area contributed by atoms with Crippen LogP contribution in [0.3, 0.4) is 0 Å². The summed E-state index contributed by atoms with van der Waals surface area (Å²) >= 11 is 8.87. The molecule has 0 unspecified atom stereocenters. The molecule has 1 aliphatic carbocycles. The van der Waals surface area contributed by atoms with Crippen molar-refractivity contribution in [2.75, 3.05) is 0 Å². The molecule has 0 saturated heterocycles. The highest BCUT2D eigenvalue weighted by Crippen LogP contribution is 2.41. The Hall–Kier alpha value is -0.380. The first-order valence-electron chi connectivity index (χ1n) is 4.52. The fourth-order valence-corrected chi connectivity index (χ4v) is 3.75. The molecule has 74 valence electrons. The third kappa shape index (κ3) is 1.53. The van der Waals surface area contributed by atoms with Crippen molar-refractivity contribution in [2.45, 2.75) is 0 Å². The van der Waals surface area contributed by atoms with E-state index in [2.05, 4.69) is 68.3 Å². The standard InChI is InChI=1S/C12H6Br2S/c13-10-3-1-2-7-8-4-5-12(14)15-11(8)6-9(7)10/h1-6H. The minimum Gasteiger partial charge on any atom is -0.128 e. The summed E-state index contributed by atoms with van der Waals surface area (Å²) in [6.07, 6.45) is 0. The molecular weight excluding hydrogens is 336 g/mol. The van der Waals surface area contributed by atoms with Crippen LogP contribution in [-0.4, -0.2) is 0 Å². The Morgan fingerprint density at radius 3 is 2.67 bits per heavy atom. The Kier molecular flexibility index (Phi) is 2.34. The van der Waals surface area contributed by atoms with Gasteiger partial charge in [0.05, 0.1) is 3.79 Å². The van der Waals surface area contributed by atoms with E-state index in [0.717, 1.165) is 0 Å². The van der Waals surface area contributed by atoms with Crippen LogP contribution in [0.15, 0.2) is 44.7 Å². The lowest BCUT2D eigenvalue weighted by Gasteiger charge is -1.98. The monoisotopic (exact) mass is 340 g/mol. The van der Waals surface area contributed by atoms with Crippen LogP contribution in [0.2, 0.25) is 0 Å². The van der Waals surface area contributed by atoms with E-state index in [-0.39, 0.29) is 0 Å². The maximum absolute atomic E-state index is 3.59. The lowest BCUT2D eigenvalue weighted by atomic mass is 10.2. The molecule has 0 fully saturated rings. The molecule has 1 aromatic rings. The molecule has 3 rings (SSSR count). The molecule has 0 bridgehead atoms. The highest BCUT2D eigenvalue weighted by atomic mass is 79.9. The normalized spacial score (nSPS) is 11.3. The Morgan fingerprint density at radius 1 is 0.933 bits per heavy atom. The summed E-state index contributed by atoms with van der Waals surface area (Å²) in [5.74, 6) is 0. The summed E-state index contributed by atoms with van der Waals surface area (Å²) in [7, 11) is 0. The molecule has 0 radical (unpaired) electrons. The Labute approximate surface area is 109 Å². The minimum atomic E-state index is 1.17. The van der Waals surface area contributed by atoms with Crippen LogP contribution in [0.25, 0.3) is 21.2 Å². The fraction of sp³-hybridized carbons (Fsp3) is 0. The molecule has 0 N–H and O–H groups in total. The van der Waals surface area contributed by atoms with E-state index in [4.69, 9.17) is 0 Å². The van der Waals surface area contributed by atoms with E-state index in [9.17, 15) is 0 Å². The summed E-state index contributed by atoms with van der Waals surface area (Å²) in [5, 5.41) is 2.62. The predicted molar refractivity (Wildman–Crippen MR) is 73.8 cm³/mol. The Morgan fingerprint density at radius 2 is 1.80 bits per heavy atom. The van der Waals surface area contributed by atoms with Crippen molar-refractivity contribution in [3.63, 3.8) is 0 Å². The van der Waals surface area contributed by atoms with E-state index in [1.807, 2.05) is 0 Å². The van der Waals surface area contributed by atoms with Gasteiger partial charge in [0.15, 0.2) is 0 Å². The smallest absolute Gasteiger partial charge is 0.0704 e. The number of hydrogen-bond donors (Lipinski definition) is 0. The Balaban J connectivity index is 2.51. The SMILES string of the molecule is Brc1ccc2c3cccc(Br)c3cc-2s1. The average Bonchev–Trinajstić information content (AvgIpc) is 2.57. The zero-order chi connectivity index (χ0) is 10.4. The summed E-state index contributed by atoms with van der Waals surface area (Å²) in [6, 6.07) is 12.9. The molecule has 1 aromatic carbocycles. The van der Waals surface area contributed by atoms with E-state index in [1.165, 1.54) is 29.5 Å². The van der Waals surface area contributed by atoms with Crippen LogP contribution in [0, 0.1) is 0 Å². The quantitative estimate of drug-likeness (QED) is 0.504. The third-order valence-electron chi connectivity index (χ3n) is 2.47. The largest absolute Gasteiger partial charge is 0.128 e. The maximum atomic E-state index is 3.59. The summed E-state index contributed by atoms with van der Waals surface area (Å²) < 4.78 is 2.33. The van der Waals surface area contributed by atoms with E-state index >= 15 is 0 Å². The molecule has 1 aliphatic heterocycles.